The summed E-state index contributed by atoms with van der Waals surface area (Å²) in [6, 6.07) is 17.8. The van der Waals surface area contributed by atoms with Crippen molar-refractivity contribution >= 4 is 27.7 Å². The lowest BCUT2D eigenvalue weighted by molar-refractivity contribution is -0.155. The molecule has 4 atom stereocenters. The highest BCUT2D eigenvalue weighted by molar-refractivity contribution is 9.10. The fourth-order valence-electron chi connectivity index (χ4n) is 5.11. The van der Waals surface area contributed by atoms with Crippen LogP contribution in [0.15, 0.2) is 71.3 Å². The van der Waals surface area contributed by atoms with Gasteiger partial charge >= 0.3 is 5.97 Å². The number of nitrogens with zero attached hydrogens (tertiary/aromatic N) is 1. The smallest absolute Gasteiger partial charge is 0.317 e. The highest BCUT2D eigenvalue weighted by Crippen LogP contribution is 2.66. The van der Waals surface area contributed by atoms with Crippen LogP contribution in [0.3, 0.4) is 0 Å². The van der Waals surface area contributed by atoms with E-state index in [4.69, 9.17) is 14.2 Å². The summed E-state index contributed by atoms with van der Waals surface area (Å²) in [5, 5.41) is 12.2. The SMILES string of the molecule is COC(=O)[C@H]1C(=O)[C@@]2(O)c3ncc(OC)cc3O[C@@]2(c2ccc(Br)cc2)[C@@H]1c1ccccc1. The number of methoxy groups -OCH3 is 2. The van der Waals surface area contributed by atoms with Crippen molar-refractivity contribution in [1.82, 2.24) is 4.98 Å². The number of fused-ring (bicyclic) bond motifs is 3. The van der Waals surface area contributed by atoms with Gasteiger partial charge in [-0.05, 0) is 23.3 Å². The van der Waals surface area contributed by atoms with E-state index in [-0.39, 0.29) is 11.4 Å². The summed E-state index contributed by atoms with van der Waals surface area (Å²) in [5.41, 5.74) is -2.67. The zero-order valence-corrected chi connectivity index (χ0v) is 19.4. The van der Waals surface area contributed by atoms with E-state index in [1.807, 2.05) is 18.2 Å². The van der Waals surface area contributed by atoms with E-state index >= 15 is 0 Å². The molecule has 8 heteroatoms. The number of hydrogen-bond donors (Lipinski definition) is 1. The Morgan fingerprint density at radius 3 is 2.45 bits per heavy atom. The van der Waals surface area contributed by atoms with Gasteiger partial charge in [0.05, 0.1) is 26.3 Å². The van der Waals surface area contributed by atoms with E-state index in [0.717, 1.165) is 4.47 Å². The predicted octanol–water partition coefficient (Wildman–Crippen LogP) is 3.48. The molecule has 3 aromatic rings. The van der Waals surface area contributed by atoms with Crippen molar-refractivity contribution < 1.29 is 28.9 Å². The standard InChI is InChI=1S/C25H20BrNO6/c1-31-17-12-18-21(27-13-17)24(30)22(28)19(23(29)32-2)20(14-6-4-3-5-7-14)25(24,33-18)15-8-10-16(26)11-9-15/h3-13,19-20,30H,1-2H3/t19-,20-,24+,25+/m1/s1. The Morgan fingerprint density at radius 2 is 1.82 bits per heavy atom. The molecule has 1 saturated carbocycles. The van der Waals surface area contributed by atoms with Crippen molar-refractivity contribution in [2.45, 2.75) is 17.1 Å². The Balaban J connectivity index is 1.86. The molecule has 2 heterocycles. The van der Waals surface area contributed by atoms with Crippen molar-refractivity contribution in [2.24, 2.45) is 5.92 Å². The van der Waals surface area contributed by atoms with E-state index < -0.39 is 34.8 Å². The molecule has 0 amide bonds. The Morgan fingerprint density at radius 1 is 1.12 bits per heavy atom. The monoisotopic (exact) mass is 509 g/mol. The number of Topliss-reactive ketones (excluding diaryl/α,β-unsaturated/α-hetero) is 1. The van der Waals surface area contributed by atoms with Crippen molar-refractivity contribution in [3.63, 3.8) is 0 Å². The van der Waals surface area contributed by atoms with Crippen molar-refractivity contribution in [3.8, 4) is 11.5 Å². The van der Waals surface area contributed by atoms with E-state index in [2.05, 4.69) is 20.9 Å². The molecule has 5 rings (SSSR count). The normalized spacial score (nSPS) is 27.5. The quantitative estimate of drug-likeness (QED) is 0.424. The van der Waals surface area contributed by atoms with Crippen LogP contribution in [0.1, 0.15) is 22.7 Å². The first-order valence-corrected chi connectivity index (χ1v) is 11.1. The molecule has 1 N–H and O–H groups in total. The van der Waals surface area contributed by atoms with Crippen molar-refractivity contribution in [1.29, 1.82) is 0 Å². The number of pyridine rings is 1. The van der Waals surface area contributed by atoms with Gasteiger partial charge in [-0.15, -0.1) is 0 Å². The Hall–Kier alpha value is -3.23. The van der Waals surface area contributed by atoms with Gasteiger partial charge in [-0.3, -0.25) is 9.59 Å². The Labute approximate surface area is 198 Å². The number of esters is 1. The maximum absolute atomic E-state index is 13.9. The number of carbonyl (C=O) groups is 2. The fourth-order valence-corrected chi connectivity index (χ4v) is 5.38. The average Bonchev–Trinajstić information content (AvgIpc) is 3.22. The molecule has 7 nitrogen and oxygen atoms in total. The summed E-state index contributed by atoms with van der Waals surface area (Å²) in [6.45, 7) is 0. The topological polar surface area (TPSA) is 95.0 Å². The molecule has 0 spiro atoms. The number of ketones is 1. The molecular formula is C25H20BrNO6. The van der Waals surface area contributed by atoms with Crippen LogP contribution in [-0.2, 0) is 25.5 Å². The van der Waals surface area contributed by atoms with Gasteiger partial charge in [0.2, 0.25) is 5.60 Å². The molecule has 33 heavy (non-hydrogen) atoms. The average molecular weight is 510 g/mol. The van der Waals surface area contributed by atoms with E-state index in [9.17, 15) is 14.7 Å². The minimum absolute atomic E-state index is 0.0450. The van der Waals surface area contributed by atoms with E-state index in [0.29, 0.717) is 16.9 Å². The van der Waals surface area contributed by atoms with E-state index in [1.165, 1.54) is 20.4 Å². The maximum Gasteiger partial charge on any atom is 0.317 e. The first-order valence-electron chi connectivity index (χ1n) is 10.3. The number of benzene rings is 2. The van der Waals surface area contributed by atoms with E-state index in [1.54, 1.807) is 42.5 Å². The maximum atomic E-state index is 13.9. The third-order valence-corrected chi connectivity index (χ3v) is 7.04. The lowest BCUT2D eigenvalue weighted by atomic mass is 9.71. The summed E-state index contributed by atoms with van der Waals surface area (Å²) in [4.78, 5) is 31.3. The number of ether oxygens (including phenoxy) is 3. The van der Waals surface area contributed by atoms with Gasteiger partial charge in [0.1, 0.15) is 23.1 Å². The number of carbonyl (C=O) groups excluding carboxylic acids is 2. The lowest BCUT2D eigenvalue weighted by Gasteiger charge is -2.39. The number of aliphatic hydroxyl groups is 1. The molecule has 2 aromatic carbocycles. The summed E-state index contributed by atoms with van der Waals surface area (Å²) < 4.78 is 17.6. The van der Waals surface area contributed by atoms with Crippen LogP contribution >= 0.6 is 15.9 Å². The fraction of sp³-hybridized carbons (Fsp3) is 0.240. The largest absolute Gasteiger partial charge is 0.495 e. The van der Waals surface area contributed by atoms with Crippen LogP contribution in [0.4, 0.5) is 0 Å². The molecule has 1 aromatic heterocycles. The third kappa shape index (κ3) is 2.80. The minimum atomic E-state index is -2.23. The van der Waals surface area contributed by atoms with Gasteiger partial charge in [0, 0.05) is 10.5 Å². The van der Waals surface area contributed by atoms with Crippen LogP contribution < -0.4 is 9.47 Å². The number of halogens is 1. The second kappa shape index (κ2) is 7.67. The molecule has 0 saturated heterocycles. The van der Waals surface area contributed by atoms with Crippen LogP contribution in [0, 0.1) is 5.92 Å². The predicted molar refractivity (Wildman–Crippen MR) is 121 cm³/mol. The second-order valence-electron chi connectivity index (χ2n) is 8.03. The van der Waals surface area contributed by atoms with Crippen LogP contribution in [0.25, 0.3) is 0 Å². The van der Waals surface area contributed by atoms with Crippen LogP contribution in [-0.4, -0.2) is 36.1 Å². The molecule has 1 aliphatic heterocycles. The number of rotatable bonds is 4. The number of hydrogen-bond acceptors (Lipinski definition) is 7. The van der Waals surface area contributed by atoms with Gasteiger partial charge in [-0.2, -0.15) is 0 Å². The minimum Gasteiger partial charge on any atom is -0.495 e. The molecule has 0 bridgehead atoms. The first-order chi connectivity index (χ1) is 15.9. The Bertz CT molecular complexity index is 1250. The summed E-state index contributed by atoms with van der Waals surface area (Å²) in [7, 11) is 2.71. The summed E-state index contributed by atoms with van der Waals surface area (Å²) in [6.07, 6.45) is 1.41. The van der Waals surface area contributed by atoms with Gasteiger partial charge in [0.25, 0.3) is 0 Å². The summed E-state index contributed by atoms with van der Waals surface area (Å²) in [5.74, 6) is -3.02. The molecule has 1 aliphatic carbocycles. The van der Waals surface area contributed by atoms with Gasteiger partial charge in [0.15, 0.2) is 11.4 Å². The molecular weight excluding hydrogens is 490 g/mol. The highest BCUT2D eigenvalue weighted by Gasteiger charge is 2.78. The third-order valence-electron chi connectivity index (χ3n) is 6.51. The molecule has 1 fully saturated rings. The highest BCUT2D eigenvalue weighted by atomic mass is 79.9. The van der Waals surface area contributed by atoms with Gasteiger partial charge in [-0.25, -0.2) is 4.98 Å². The zero-order chi connectivity index (χ0) is 23.4. The molecule has 2 aliphatic rings. The number of aromatic nitrogens is 1. The lowest BCUT2D eigenvalue weighted by Crippen LogP contribution is -2.51. The summed E-state index contributed by atoms with van der Waals surface area (Å²) >= 11 is 3.43. The Kier molecular flexibility index (Phi) is 5.02. The zero-order valence-electron chi connectivity index (χ0n) is 17.8. The first kappa shape index (κ1) is 21.6. The molecule has 168 valence electrons. The molecule has 0 unspecified atom stereocenters. The second-order valence-corrected chi connectivity index (χ2v) is 8.95. The van der Waals surface area contributed by atoms with Crippen LogP contribution in [0.2, 0.25) is 0 Å². The van der Waals surface area contributed by atoms with Crippen molar-refractivity contribution in [2.75, 3.05) is 14.2 Å². The van der Waals surface area contributed by atoms with Gasteiger partial charge in [-0.1, -0.05) is 58.4 Å². The molecule has 0 radical (unpaired) electrons. The van der Waals surface area contributed by atoms with Crippen molar-refractivity contribution in [3.05, 3.63) is 88.2 Å². The van der Waals surface area contributed by atoms with Gasteiger partial charge < -0.3 is 19.3 Å². The van der Waals surface area contributed by atoms with Crippen LogP contribution in [0.5, 0.6) is 11.5 Å².